The number of carbonyl (C=O) groups excluding carboxylic acids is 1. The van der Waals surface area contributed by atoms with Gasteiger partial charge in [0.05, 0.1) is 19.3 Å². The summed E-state index contributed by atoms with van der Waals surface area (Å²) in [7, 11) is 0. The molecule has 0 radical (unpaired) electrons. The lowest BCUT2D eigenvalue weighted by molar-refractivity contribution is -0.121. The lowest BCUT2D eigenvalue weighted by Gasteiger charge is -2.14. The Kier molecular flexibility index (Phi) is 4.90. The SMILES string of the molecule is O=C1CCCC1CC(O)COCc1ccccc1. The highest BCUT2D eigenvalue weighted by atomic mass is 16.5. The van der Waals surface area contributed by atoms with Gasteiger partial charge in [-0.25, -0.2) is 0 Å². The van der Waals surface area contributed by atoms with Crippen LogP contribution in [0.25, 0.3) is 0 Å². The molecule has 0 amide bonds. The van der Waals surface area contributed by atoms with Gasteiger partial charge in [0.25, 0.3) is 0 Å². The molecule has 0 spiro atoms. The van der Waals surface area contributed by atoms with Crippen LogP contribution < -0.4 is 0 Å². The van der Waals surface area contributed by atoms with Gasteiger partial charge in [-0.05, 0) is 24.8 Å². The van der Waals surface area contributed by atoms with Crippen molar-refractivity contribution in [1.29, 1.82) is 0 Å². The van der Waals surface area contributed by atoms with Gasteiger partial charge in [0.2, 0.25) is 0 Å². The molecule has 3 nitrogen and oxygen atoms in total. The van der Waals surface area contributed by atoms with Crippen molar-refractivity contribution in [3.8, 4) is 0 Å². The maximum atomic E-state index is 11.5. The number of carbonyl (C=O) groups is 1. The third-order valence-electron chi connectivity index (χ3n) is 3.41. The van der Waals surface area contributed by atoms with Crippen LogP contribution in [0.15, 0.2) is 30.3 Å². The van der Waals surface area contributed by atoms with Crippen LogP contribution in [0.3, 0.4) is 0 Å². The molecule has 1 saturated carbocycles. The van der Waals surface area contributed by atoms with Gasteiger partial charge in [0.15, 0.2) is 0 Å². The van der Waals surface area contributed by atoms with Crippen molar-refractivity contribution in [2.75, 3.05) is 6.61 Å². The lowest BCUT2D eigenvalue weighted by atomic mass is 9.99. The van der Waals surface area contributed by atoms with Crippen LogP contribution >= 0.6 is 0 Å². The molecule has 98 valence electrons. The van der Waals surface area contributed by atoms with E-state index in [1.807, 2.05) is 30.3 Å². The molecule has 1 aliphatic carbocycles. The highest BCUT2D eigenvalue weighted by Crippen LogP contribution is 2.25. The van der Waals surface area contributed by atoms with E-state index in [1.54, 1.807) is 0 Å². The predicted octanol–water partition coefficient (Wildman–Crippen LogP) is 2.32. The third-order valence-corrected chi connectivity index (χ3v) is 3.41. The zero-order valence-corrected chi connectivity index (χ0v) is 10.5. The van der Waals surface area contributed by atoms with Crippen LogP contribution in [0.4, 0.5) is 0 Å². The molecule has 2 rings (SSSR count). The van der Waals surface area contributed by atoms with Crippen molar-refractivity contribution in [3.05, 3.63) is 35.9 Å². The van der Waals surface area contributed by atoms with Crippen LogP contribution in [0, 0.1) is 5.92 Å². The van der Waals surface area contributed by atoms with Gasteiger partial charge in [0, 0.05) is 12.3 Å². The summed E-state index contributed by atoms with van der Waals surface area (Å²) in [5.41, 5.74) is 1.10. The Morgan fingerprint density at radius 2 is 2.11 bits per heavy atom. The van der Waals surface area contributed by atoms with E-state index in [-0.39, 0.29) is 5.92 Å². The minimum Gasteiger partial charge on any atom is -0.391 e. The zero-order chi connectivity index (χ0) is 12.8. The van der Waals surface area contributed by atoms with E-state index in [2.05, 4.69) is 0 Å². The van der Waals surface area contributed by atoms with Gasteiger partial charge in [-0.15, -0.1) is 0 Å². The molecule has 1 fully saturated rings. The molecule has 1 N–H and O–H groups in total. The number of hydrogen-bond acceptors (Lipinski definition) is 3. The average molecular weight is 248 g/mol. The standard InChI is InChI=1S/C15H20O3/c16-14(9-13-7-4-8-15(13)17)11-18-10-12-5-2-1-3-6-12/h1-3,5-6,13-14,16H,4,7-11H2. The van der Waals surface area contributed by atoms with Crippen molar-refractivity contribution in [1.82, 2.24) is 0 Å². The topological polar surface area (TPSA) is 46.5 Å². The number of Topliss-reactive ketones (excluding diaryl/α,β-unsaturated/α-hetero) is 1. The Morgan fingerprint density at radius 3 is 2.78 bits per heavy atom. The smallest absolute Gasteiger partial charge is 0.136 e. The van der Waals surface area contributed by atoms with Crippen molar-refractivity contribution < 1.29 is 14.6 Å². The Balaban J connectivity index is 1.66. The lowest BCUT2D eigenvalue weighted by Crippen LogP contribution is -2.21. The number of rotatable bonds is 6. The van der Waals surface area contributed by atoms with E-state index < -0.39 is 6.10 Å². The molecule has 3 heteroatoms. The second kappa shape index (κ2) is 6.66. The molecule has 2 atom stereocenters. The molecule has 0 saturated heterocycles. The Hall–Kier alpha value is -1.19. The van der Waals surface area contributed by atoms with Gasteiger partial charge in [-0.3, -0.25) is 4.79 Å². The van der Waals surface area contributed by atoms with Crippen molar-refractivity contribution in [3.63, 3.8) is 0 Å². The number of ether oxygens (including phenoxy) is 1. The van der Waals surface area contributed by atoms with Crippen molar-refractivity contribution >= 4 is 5.78 Å². The Morgan fingerprint density at radius 1 is 1.33 bits per heavy atom. The Labute approximate surface area is 108 Å². The normalized spacial score (nSPS) is 21.2. The van der Waals surface area contributed by atoms with Crippen LogP contribution in [0.5, 0.6) is 0 Å². The Bertz CT molecular complexity index is 375. The maximum absolute atomic E-state index is 11.5. The first-order chi connectivity index (χ1) is 8.75. The molecule has 0 aliphatic heterocycles. The van der Waals surface area contributed by atoms with Crippen LogP contribution in [-0.4, -0.2) is 23.6 Å². The van der Waals surface area contributed by atoms with Crippen molar-refractivity contribution in [2.45, 2.75) is 38.4 Å². The summed E-state index contributed by atoms with van der Waals surface area (Å²) in [6.45, 7) is 0.815. The number of ketones is 1. The van der Waals surface area contributed by atoms with Crippen LogP contribution in [0.2, 0.25) is 0 Å². The van der Waals surface area contributed by atoms with E-state index in [4.69, 9.17) is 4.74 Å². The average Bonchev–Trinajstić information content (AvgIpc) is 2.76. The molecule has 0 heterocycles. The van der Waals surface area contributed by atoms with E-state index in [0.717, 1.165) is 18.4 Å². The molecule has 2 unspecified atom stereocenters. The molecular weight excluding hydrogens is 228 g/mol. The zero-order valence-electron chi connectivity index (χ0n) is 10.5. The summed E-state index contributed by atoms with van der Waals surface area (Å²) in [4.78, 5) is 11.5. The summed E-state index contributed by atoms with van der Waals surface area (Å²) in [6.07, 6.45) is 2.60. The molecule has 1 aliphatic rings. The molecule has 0 bridgehead atoms. The van der Waals surface area contributed by atoms with Crippen molar-refractivity contribution in [2.24, 2.45) is 5.92 Å². The highest BCUT2D eigenvalue weighted by molar-refractivity contribution is 5.82. The van der Waals surface area contributed by atoms with Gasteiger partial charge < -0.3 is 9.84 Å². The summed E-state index contributed by atoms with van der Waals surface area (Å²) in [6, 6.07) is 9.88. The fourth-order valence-electron chi connectivity index (χ4n) is 2.42. The summed E-state index contributed by atoms with van der Waals surface area (Å²) in [5, 5.41) is 9.83. The third kappa shape index (κ3) is 3.93. The minimum absolute atomic E-state index is 0.0559. The van der Waals surface area contributed by atoms with E-state index in [0.29, 0.717) is 31.8 Å². The number of aliphatic hydroxyl groups is 1. The quantitative estimate of drug-likeness (QED) is 0.840. The summed E-state index contributed by atoms with van der Waals surface area (Å²) in [5.74, 6) is 0.359. The second-order valence-electron chi connectivity index (χ2n) is 4.95. The number of hydrogen-bond donors (Lipinski definition) is 1. The molecule has 18 heavy (non-hydrogen) atoms. The van der Waals surface area contributed by atoms with Crippen LogP contribution in [-0.2, 0) is 16.1 Å². The monoisotopic (exact) mass is 248 g/mol. The highest BCUT2D eigenvalue weighted by Gasteiger charge is 2.26. The first-order valence-electron chi connectivity index (χ1n) is 6.58. The van der Waals surface area contributed by atoms with Crippen LogP contribution in [0.1, 0.15) is 31.2 Å². The first-order valence-corrected chi connectivity index (χ1v) is 6.58. The molecule has 1 aromatic carbocycles. The van der Waals surface area contributed by atoms with Gasteiger partial charge in [-0.2, -0.15) is 0 Å². The molecule has 0 aromatic heterocycles. The number of aliphatic hydroxyl groups excluding tert-OH is 1. The van der Waals surface area contributed by atoms with E-state index in [9.17, 15) is 9.90 Å². The summed E-state index contributed by atoms with van der Waals surface area (Å²) >= 11 is 0. The van der Waals surface area contributed by atoms with Gasteiger partial charge in [0.1, 0.15) is 5.78 Å². The predicted molar refractivity (Wildman–Crippen MR) is 69.1 cm³/mol. The number of benzene rings is 1. The fraction of sp³-hybridized carbons (Fsp3) is 0.533. The molecule has 1 aromatic rings. The minimum atomic E-state index is -0.527. The van der Waals surface area contributed by atoms with Gasteiger partial charge in [-0.1, -0.05) is 30.3 Å². The first kappa shape index (κ1) is 13.2. The van der Waals surface area contributed by atoms with E-state index in [1.165, 1.54) is 0 Å². The summed E-state index contributed by atoms with van der Waals surface area (Å²) < 4.78 is 5.47. The largest absolute Gasteiger partial charge is 0.391 e. The fourth-order valence-corrected chi connectivity index (χ4v) is 2.42. The van der Waals surface area contributed by atoms with E-state index >= 15 is 0 Å². The molecular formula is C15H20O3. The second-order valence-corrected chi connectivity index (χ2v) is 4.95. The van der Waals surface area contributed by atoms with Gasteiger partial charge >= 0.3 is 0 Å². The maximum Gasteiger partial charge on any atom is 0.136 e.